The van der Waals surface area contributed by atoms with Crippen LogP contribution in [0.25, 0.3) is 0 Å². The number of likely N-dealkylation sites (tertiary alicyclic amines) is 2. The molecule has 0 saturated carbocycles. The van der Waals surface area contributed by atoms with Crippen LogP contribution in [0.5, 0.6) is 11.5 Å². The van der Waals surface area contributed by atoms with Crippen molar-refractivity contribution in [3.8, 4) is 11.5 Å². The Hall–Kier alpha value is -1.79. The molecule has 2 aliphatic rings. The number of nitrogens with zero attached hydrogens (tertiary/aromatic N) is 2. The van der Waals surface area contributed by atoms with Crippen molar-refractivity contribution in [2.24, 2.45) is 0 Å². The van der Waals surface area contributed by atoms with Crippen LogP contribution in [0, 0.1) is 0 Å². The third-order valence-corrected chi connectivity index (χ3v) is 5.28. The number of amides is 1. The summed E-state index contributed by atoms with van der Waals surface area (Å²) in [5.41, 5.74) is 1.02. The van der Waals surface area contributed by atoms with Crippen molar-refractivity contribution >= 4 is 5.91 Å². The molecule has 1 aromatic carbocycles. The zero-order valence-corrected chi connectivity index (χ0v) is 15.1. The van der Waals surface area contributed by atoms with Crippen LogP contribution in [0.4, 0.5) is 0 Å². The van der Waals surface area contributed by atoms with E-state index in [2.05, 4.69) is 4.90 Å². The SMILES string of the molecule is COc1ccc(OC)c(C2CCCN2C(=O)CN2CCC(O)CC2)c1. The molecule has 0 aliphatic carbocycles. The number of aliphatic hydroxyl groups is 1. The highest BCUT2D eigenvalue weighted by Gasteiger charge is 2.33. The van der Waals surface area contributed by atoms with E-state index in [4.69, 9.17) is 9.47 Å². The van der Waals surface area contributed by atoms with E-state index in [1.165, 1.54) is 0 Å². The normalized spacial score (nSPS) is 22.2. The minimum atomic E-state index is -0.216. The molecule has 1 atom stereocenters. The van der Waals surface area contributed by atoms with Crippen molar-refractivity contribution in [1.82, 2.24) is 9.80 Å². The van der Waals surface area contributed by atoms with Gasteiger partial charge in [0.15, 0.2) is 0 Å². The van der Waals surface area contributed by atoms with Crippen LogP contribution in [0.15, 0.2) is 18.2 Å². The topological polar surface area (TPSA) is 62.2 Å². The molecule has 0 bridgehead atoms. The van der Waals surface area contributed by atoms with Crippen LogP contribution in [0.3, 0.4) is 0 Å². The lowest BCUT2D eigenvalue weighted by atomic mass is 10.0. The Morgan fingerprint density at radius 1 is 1.16 bits per heavy atom. The van der Waals surface area contributed by atoms with Gasteiger partial charge in [-0.25, -0.2) is 0 Å². The quantitative estimate of drug-likeness (QED) is 0.879. The standard InChI is InChI=1S/C19H28N2O4/c1-24-15-5-6-18(25-2)16(12-15)17-4-3-9-21(17)19(23)13-20-10-7-14(22)8-11-20/h5-6,12,14,17,22H,3-4,7-11,13H2,1-2H3. The highest BCUT2D eigenvalue weighted by atomic mass is 16.5. The summed E-state index contributed by atoms with van der Waals surface area (Å²) in [7, 11) is 3.30. The molecule has 1 amide bonds. The minimum Gasteiger partial charge on any atom is -0.497 e. The lowest BCUT2D eigenvalue weighted by molar-refractivity contribution is -0.134. The second kappa shape index (κ2) is 8.06. The van der Waals surface area contributed by atoms with E-state index in [1.807, 2.05) is 23.1 Å². The fraction of sp³-hybridized carbons (Fsp3) is 0.632. The Kier molecular flexibility index (Phi) is 5.81. The number of piperidine rings is 1. The van der Waals surface area contributed by atoms with Gasteiger partial charge in [0.05, 0.1) is 32.9 Å². The molecule has 2 fully saturated rings. The van der Waals surface area contributed by atoms with Gasteiger partial charge in [-0.15, -0.1) is 0 Å². The molecule has 3 rings (SSSR count). The van der Waals surface area contributed by atoms with Crippen LogP contribution in [-0.2, 0) is 4.79 Å². The third kappa shape index (κ3) is 4.07. The fourth-order valence-electron chi connectivity index (χ4n) is 3.85. The Balaban J connectivity index is 1.73. The van der Waals surface area contributed by atoms with E-state index < -0.39 is 0 Å². The first-order valence-electron chi connectivity index (χ1n) is 9.04. The van der Waals surface area contributed by atoms with Crippen molar-refractivity contribution < 1.29 is 19.4 Å². The number of hydrogen-bond donors (Lipinski definition) is 1. The van der Waals surface area contributed by atoms with Crippen LogP contribution in [0.2, 0.25) is 0 Å². The van der Waals surface area contributed by atoms with E-state index >= 15 is 0 Å². The number of aliphatic hydroxyl groups excluding tert-OH is 1. The summed E-state index contributed by atoms with van der Waals surface area (Å²) in [4.78, 5) is 17.0. The van der Waals surface area contributed by atoms with Gasteiger partial charge < -0.3 is 19.5 Å². The summed E-state index contributed by atoms with van der Waals surface area (Å²) in [6, 6.07) is 5.80. The van der Waals surface area contributed by atoms with Gasteiger partial charge in [0, 0.05) is 25.2 Å². The highest BCUT2D eigenvalue weighted by Crippen LogP contribution is 2.39. The summed E-state index contributed by atoms with van der Waals surface area (Å²) in [6.07, 6.45) is 3.22. The van der Waals surface area contributed by atoms with Crippen molar-refractivity contribution in [3.63, 3.8) is 0 Å². The van der Waals surface area contributed by atoms with Crippen molar-refractivity contribution in [3.05, 3.63) is 23.8 Å². The van der Waals surface area contributed by atoms with E-state index in [1.54, 1.807) is 14.2 Å². The van der Waals surface area contributed by atoms with Crippen LogP contribution in [0.1, 0.15) is 37.3 Å². The number of hydrogen-bond acceptors (Lipinski definition) is 5. The van der Waals surface area contributed by atoms with E-state index in [0.29, 0.717) is 6.54 Å². The molecule has 1 aromatic rings. The molecule has 6 nitrogen and oxygen atoms in total. The largest absolute Gasteiger partial charge is 0.497 e. The van der Waals surface area contributed by atoms with Crippen LogP contribution in [-0.4, -0.2) is 67.3 Å². The fourth-order valence-corrected chi connectivity index (χ4v) is 3.85. The smallest absolute Gasteiger partial charge is 0.237 e. The number of ether oxygens (including phenoxy) is 2. The maximum atomic E-state index is 12.9. The second-order valence-electron chi connectivity index (χ2n) is 6.86. The van der Waals surface area contributed by atoms with E-state index in [0.717, 1.165) is 62.4 Å². The maximum absolute atomic E-state index is 12.9. The maximum Gasteiger partial charge on any atom is 0.237 e. The predicted molar refractivity (Wildman–Crippen MR) is 94.9 cm³/mol. The summed E-state index contributed by atoms with van der Waals surface area (Å²) >= 11 is 0. The van der Waals surface area contributed by atoms with Crippen molar-refractivity contribution in [2.75, 3.05) is 40.4 Å². The molecule has 2 saturated heterocycles. The van der Waals surface area contributed by atoms with E-state index in [-0.39, 0.29) is 18.1 Å². The highest BCUT2D eigenvalue weighted by molar-refractivity contribution is 5.79. The molecule has 0 spiro atoms. The lowest BCUT2D eigenvalue weighted by Gasteiger charge is -2.32. The van der Waals surface area contributed by atoms with Gasteiger partial charge in [-0.05, 0) is 43.9 Å². The molecular weight excluding hydrogens is 320 g/mol. The Bertz CT molecular complexity index is 599. The minimum absolute atomic E-state index is 0.0351. The van der Waals surface area contributed by atoms with Crippen molar-refractivity contribution in [1.29, 1.82) is 0 Å². The molecule has 1 N–H and O–H groups in total. The summed E-state index contributed by atoms with van der Waals surface area (Å²) < 4.78 is 10.9. The first-order valence-corrected chi connectivity index (χ1v) is 9.04. The predicted octanol–water partition coefficient (Wildman–Crippen LogP) is 1.82. The number of rotatable bonds is 5. The van der Waals surface area contributed by atoms with Gasteiger partial charge in [0.1, 0.15) is 11.5 Å². The number of carbonyl (C=O) groups excluding carboxylic acids is 1. The average molecular weight is 348 g/mol. The monoisotopic (exact) mass is 348 g/mol. The molecule has 0 aromatic heterocycles. The zero-order chi connectivity index (χ0) is 17.8. The van der Waals surface area contributed by atoms with Crippen LogP contribution < -0.4 is 9.47 Å². The number of methoxy groups -OCH3 is 2. The molecule has 2 aliphatic heterocycles. The van der Waals surface area contributed by atoms with Gasteiger partial charge in [-0.3, -0.25) is 9.69 Å². The molecular formula is C19H28N2O4. The number of benzene rings is 1. The molecule has 2 heterocycles. The second-order valence-corrected chi connectivity index (χ2v) is 6.86. The Morgan fingerprint density at radius 2 is 1.92 bits per heavy atom. The van der Waals surface area contributed by atoms with Gasteiger partial charge in [-0.2, -0.15) is 0 Å². The molecule has 1 unspecified atom stereocenters. The molecule has 6 heteroatoms. The Labute approximate surface area is 149 Å². The van der Waals surface area contributed by atoms with Gasteiger partial charge in [0.2, 0.25) is 5.91 Å². The average Bonchev–Trinajstić information content (AvgIpc) is 3.12. The molecule has 0 radical (unpaired) electrons. The molecule has 138 valence electrons. The van der Waals surface area contributed by atoms with Gasteiger partial charge in [-0.1, -0.05) is 0 Å². The lowest BCUT2D eigenvalue weighted by Crippen LogP contribution is -2.44. The summed E-state index contributed by atoms with van der Waals surface area (Å²) in [5.74, 6) is 1.73. The van der Waals surface area contributed by atoms with Gasteiger partial charge >= 0.3 is 0 Å². The first kappa shape index (κ1) is 18.0. The van der Waals surface area contributed by atoms with Gasteiger partial charge in [0.25, 0.3) is 0 Å². The Morgan fingerprint density at radius 3 is 2.60 bits per heavy atom. The molecule has 25 heavy (non-hydrogen) atoms. The van der Waals surface area contributed by atoms with Crippen molar-refractivity contribution in [2.45, 2.75) is 37.8 Å². The third-order valence-electron chi connectivity index (χ3n) is 5.28. The first-order chi connectivity index (χ1) is 12.1. The summed E-state index contributed by atoms with van der Waals surface area (Å²) in [5, 5.41) is 9.62. The summed E-state index contributed by atoms with van der Waals surface area (Å²) in [6.45, 7) is 2.78. The van der Waals surface area contributed by atoms with Crippen LogP contribution >= 0.6 is 0 Å². The van der Waals surface area contributed by atoms with E-state index in [9.17, 15) is 9.90 Å². The zero-order valence-electron chi connectivity index (χ0n) is 15.1. The number of carbonyl (C=O) groups is 1.